The molecule has 0 aromatic rings. The van der Waals surface area contributed by atoms with Crippen LogP contribution in [0.1, 0.15) is 33.6 Å². The number of halogens is 1. The minimum Gasteiger partial charge on any atom is -0.444 e. The van der Waals surface area contributed by atoms with Crippen molar-refractivity contribution in [1.29, 1.82) is 0 Å². The number of alkyl carbamates (subject to hydrolysis) is 1. The fourth-order valence-corrected chi connectivity index (χ4v) is 2.23. The van der Waals surface area contributed by atoms with Gasteiger partial charge in [-0.25, -0.2) is 13.2 Å². The molecule has 0 aromatic carbocycles. The number of hydrogen-bond donors (Lipinski definition) is 3. The van der Waals surface area contributed by atoms with E-state index in [4.69, 9.17) is 4.74 Å². The van der Waals surface area contributed by atoms with Gasteiger partial charge in [0.1, 0.15) is 15.4 Å². The van der Waals surface area contributed by atoms with E-state index in [1.54, 1.807) is 7.05 Å². The van der Waals surface area contributed by atoms with Crippen LogP contribution >= 0.6 is 24.0 Å². The molecule has 0 radical (unpaired) electrons. The lowest BCUT2D eigenvalue weighted by atomic mass is 10.2. The van der Waals surface area contributed by atoms with Crippen molar-refractivity contribution < 1.29 is 17.9 Å². The number of nitrogens with zero attached hydrogens (tertiary/aromatic N) is 1. The van der Waals surface area contributed by atoms with Gasteiger partial charge in [-0.15, -0.1) is 24.0 Å². The van der Waals surface area contributed by atoms with Crippen LogP contribution in [0.15, 0.2) is 4.99 Å². The van der Waals surface area contributed by atoms with E-state index in [0.29, 0.717) is 38.4 Å². The van der Waals surface area contributed by atoms with E-state index >= 15 is 0 Å². The monoisotopic (exact) mass is 478 g/mol. The van der Waals surface area contributed by atoms with Crippen molar-refractivity contribution >= 4 is 45.9 Å². The molecule has 3 N–H and O–H groups in total. The Morgan fingerprint density at radius 2 is 1.54 bits per heavy atom. The van der Waals surface area contributed by atoms with Gasteiger partial charge in [-0.1, -0.05) is 0 Å². The number of sulfone groups is 1. The van der Waals surface area contributed by atoms with Crippen molar-refractivity contribution in [3.63, 3.8) is 0 Å². The summed E-state index contributed by atoms with van der Waals surface area (Å²) in [7, 11) is -1.28. The molecule has 10 heteroatoms. The quantitative estimate of drug-likeness (QED) is 0.209. The third-order valence-electron chi connectivity index (χ3n) is 2.52. The van der Waals surface area contributed by atoms with Crippen molar-refractivity contribution in [2.24, 2.45) is 4.99 Å². The van der Waals surface area contributed by atoms with Crippen LogP contribution in [0.5, 0.6) is 0 Å². The summed E-state index contributed by atoms with van der Waals surface area (Å²) in [4.78, 5) is 15.5. The number of hydrogen-bond acceptors (Lipinski definition) is 5. The molecule has 0 rings (SSSR count). The second kappa shape index (κ2) is 12.6. The maximum atomic E-state index is 11.4. The highest BCUT2D eigenvalue weighted by Crippen LogP contribution is 2.06. The molecule has 0 saturated carbocycles. The molecular weight excluding hydrogens is 447 g/mol. The summed E-state index contributed by atoms with van der Waals surface area (Å²) in [5, 5.41) is 8.79. The average molecular weight is 478 g/mol. The Morgan fingerprint density at radius 3 is 2.00 bits per heavy atom. The molecule has 0 fully saturated rings. The zero-order valence-corrected chi connectivity index (χ0v) is 18.3. The lowest BCUT2D eigenvalue weighted by Gasteiger charge is -2.19. The number of ether oxygens (including phenoxy) is 1. The second-order valence-corrected chi connectivity index (χ2v) is 8.45. The van der Waals surface area contributed by atoms with E-state index in [-0.39, 0.29) is 29.7 Å². The summed E-state index contributed by atoms with van der Waals surface area (Å²) in [6.07, 6.45) is 2.03. The molecule has 1 amide bonds. The predicted octanol–water partition coefficient (Wildman–Crippen LogP) is 1.12. The number of carbonyl (C=O) groups is 1. The Kier molecular flexibility index (Phi) is 13.3. The predicted molar refractivity (Wildman–Crippen MR) is 108 cm³/mol. The van der Waals surface area contributed by atoms with E-state index in [9.17, 15) is 13.2 Å². The largest absolute Gasteiger partial charge is 0.444 e. The molecule has 0 bridgehead atoms. The lowest BCUT2D eigenvalue weighted by Crippen LogP contribution is -2.40. The van der Waals surface area contributed by atoms with Gasteiger partial charge in [-0.05, 0) is 33.6 Å². The van der Waals surface area contributed by atoms with E-state index in [0.717, 1.165) is 0 Å². The number of carbonyl (C=O) groups excluding carboxylic acids is 1. The first-order valence-electron chi connectivity index (χ1n) is 7.62. The summed E-state index contributed by atoms with van der Waals surface area (Å²) >= 11 is 0. The van der Waals surface area contributed by atoms with Crippen molar-refractivity contribution in [3.05, 3.63) is 0 Å². The Morgan fingerprint density at radius 1 is 1.04 bits per heavy atom. The highest BCUT2D eigenvalue weighted by atomic mass is 127. The number of nitrogens with one attached hydrogen (secondary N) is 3. The molecule has 0 heterocycles. The molecule has 0 aliphatic heterocycles. The molecule has 0 saturated heterocycles. The summed E-state index contributed by atoms with van der Waals surface area (Å²) in [6.45, 7) is 7.09. The molecule has 0 spiro atoms. The van der Waals surface area contributed by atoms with Crippen molar-refractivity contribution in [2.75, 3.05) is 38.7 Å². The van der Waals surface area contributed by atoms with Gasteiger partial charge in [0.15, 0.2) is 5.96 Å². The summed E-state index contributed by atoms with van der Waals surface area (Å²) in [6, 6.07) is 0. The molecule has 0 aromatic heterocycles. The van der Waals surface area contributed by atoms with Crippen LogP contribution in [-0.2, 0) is 14.6 Å². The first kappa shape index (κ1) is 25.5. The minimum atomic E-state index is -2.93. The van der Waals surface area contributed by atoms with Crippen LogP contribution in [-0.4, -0.2) is 64.8 Å². The van der Waals surface area contributed by atoms with Gasteiger partial charge < -0.3 is 20.7 Å². The SMILES string of the molecule is CN=C(NCCCNC(=O)OC(C)(C)C)NCCCS(C)(=O)=O.I. The smallest absolute Gasteiger partial charge is 0.407 e. The Labute approximate surface area is 162 Å². The highest BCUT2D eigenvalue weighted by Gasteiger charge is 2.15. The van der Waals surface area contributed by atoms with Gasteiger partial charge >= 0.3 is 6.09 Å². The summed E-state index contributed by atoms with van der Waals surface area (Å²) in [5.74, 6) is 0.757. The van der Waals surface area contributed by atoms with Crippen molar-refractivity contribution in [3.8, 4) is 0 Å². The first-order valence-corrected chi connectivity index (χ1v) is 9.68. The zero-order valence-electron chi connectivity index (χ0n) is 15.1. The van der Waals surface area contributed by atoms with E-state index < -0.39 is 21.5 Å². The molecule has 8 nitrogen and oxygen atoms in total. The summed E-state index contributed by atoms with van der Waals surface area (Å²) < 4.78 is 27.1. The Hall–Kier alpha value is -0.780. The third kappa shape index (κ3) is 17.6. The first-order chi connectivity index (χ1) is 10.5. The van der Waals surface area contributed by atoms with Gasteiger partial charge in [-0.3, -0.25) is 4.99 Å². The van der Waals surface area contributed by atoms with Crippen LogP contribution in [0.2, 0.25) is 0 Å². The lowest BCUT2D eigenvalue weighted by molar-refractivity contribution is 0.0527. The molecule has 24 heavy (non-hydrogen) atoms. The fourth-order valence-electron chi connectivity index (χ4n) is 1.56. The number of rotatable bonds is 8. The van der Waals surface area contributed by atoms with Crippen LogP contribution < -0.4 is 16.0 Å². The second-order valence-electron chi connectivity index (χ2n) is 6.19. The molecule has 0 aliphatic carbocycles. The molecule has 0 unspecified atom stereocenters. The Balaban J connectivity index is 0. The van der Waals surface area contributed by atoms with Gasteiger partial charge in [0.25, 0.3) is 0 Å². The molecule has 0 aliphatic rings. The Bertz CT molecular complexity index is 489. The van der Waals surface area contributed by atoms with Gasteiger partial charge in [0.05, 0.1) is 5.75 Å². The van der Waals surface area contributed by atoms with Crippen LogP contribution in [0.4, 0.5) is 4.79 Å². The standard InChI is InChI=1S/C14H30N4O4S.HI/c1-14(2,3)22-13(19)18-9-6-8-16-12(15-4)17-10-7-11-23(5,20)21;/h6-11H2,1-5H3,(H,18,19)(H2,15,16,17);1H. The molecule has 0 atom stereocenters. The zero-order chi connectivity index (χ0) is 17.9. The fraction of sp³-hybridized carbons (Fsp3) is 0.857. The minimum absolute atomic E-state index is 0. The molecule has 144 valence electrons. The van der Waals surface area contributed by atoms with Gasteiger partial charge in [-0.2, -0.15) is 0 Å². The number of amides is 1. The maximum Gasteiger partial charge on any atom is 0.407 e. The summed E-state index contributed by atoms with van der Waals surface area (Å²) in [5.41, 5.74) is -0.500. The third-order valence-corrected chi connectivity index (χ3v) is 3.55. The molecular formula is C14H31IN4O4S. The van der Waals surface area contributed by atoms with Crippen molar-refractivity contribution in [1.82, 2.24) is 16.0 Å². The van der Waals surface area contributed by atoms with Crippen LogP contribution in [0.25, 0.3) is 0 Å². The van der Waals surface area contributed by atoms with E-state index in [1.807, 2.05) is 20.8 Å². The normalized spacial score (nSPS) is 12.1. The number of aliphatic imine (C=N–C) groups is 1. The van der Waals surface area contributed by atoms with Crippen LogP contribution in [0, 0.1) is 0 Å². The topological polar surface area (TPSA) is 109 Å². The van der Waals surface area contributed by atoms with Crippen LogP contribution in [0.3, 0.4) is 0 Å². The highest BCUT2D eigenvalue weighted by molar-refractivity contribution is 14.0. The van der Waals surface area contributed by atoms with Gasteiger partial charge in [0.2, 0.25) is 0 Å². The average Bonchev–Trinajstić information content (AvgIpc) is 2.37. The van der Waals surface area contributed by atoms with E-state index in [1.165, 1.54) is 6.26 Å². The number of guanidine groups is 1. The van der Waals surface area contributed by atoms with Gasteiger partial charge in [0, 0.05) is 32.9 Å². The van der Waals surface area contributed by atoms with E-state index in [2.05, 4.69) is 20.9 Å². The van der Waals surface area contributed by atoms with Crippen molar-refractivity contribution in [2.45, 2.75) is 39.2 Å². The maximum absolute atomic E-state index is 11.4.